The molecule has 6 heteroatoms. The van der Waals surface area contributed by atoms with Gasteiger partial charge in [-0.15, -0.1) is 54.1 Å². The molecule has 0 saturated heterocycles. The van der Waals surface area contributed by atoms with Crippen molar-refractivity contribution in [2.45, 2.75) is 39.9 Å². The van der Waals surface area contributed by atoms with Gasteiger partial charge in [-0.05, 0) is 52.5 Å². The van der Waals surface area contributed by atoms with Gasteiger partial charge in [-0.1, -0.05) is 165 Å². The van der Waals surface area contributed by atoms with Crippen LogP contribution in [0.25, 0.3) is 83.6 Å². The number of pyridine rings is 1. The number of benzene rings is 7. The van der Waals surface area contributed by atoms with Gasteiger partial charge >= 0.3 is 0 Å². The van der Waals surface area contributed by atoms with Crippen molar-refractivity contribution in [2.75, 3.05) is 0 Å². The topological polar surface area (TPSA) is 43.9 Å². The maximum absolute atomic E-state index is 6.47. The monoisotopic (exact) mass is 986 g/mol. The molecule has 0 saturated carbocycles. The average molecular weight is 986 g/mol. The fourth-order valence-corrected chi connectivity index (χ4v) is 9.83. The second-order valence-electron chi connectivity index (χ2n) is 16.7. The number of furan rings is 1. The number of hydrogen-bond acceptors (Lipinski definition) is 3. The van der Waals surface area contributed by atoms with E-state index in [9.17, 15) is 0 Å². The summed E-state index contributed by atoms with van der Waals surface area (Å²) in [7, 11) is -1.34. The van der Waals surface area contributed by atoms with E-state index in [1.807, 2.05) is 48.5 Å². The summed E-state index contributed by atoms with van der Waals surface area (Å²) in [6.45, 7) is 11.7. The van der Waals surface area contributed by atoms with E-state index >= 15 is 0 Å². The molecule has 0 aliphatic rings. The number of nitrogens with zero attached hydrogens (tertiary/aromatic N) is 3. The minimum Gasteiger partial charge on any atom is -0.501 e. The molecule has 0 N–H and O–H groups in total. The van der Waals surface area contributed by atoms with E-state index < -0.39 is 8.07 Å². The summed E-state index contributed by atoms with van der Waals surface area (Å²) in [5.41, 5.74) is 13.7. The first-order valence-electron chi connectivity index (χ1n) is 20.7. The van der Waals surface area contributed by atoms with Crippen molar-refractivity contribution in [2.24, 2.45) is 5.92 Å². The van der Waals surface area contributed by atoms with Crippen molar-refractivity contribution in [1.82, 2.24) is 14.5 Å². The Kier molecular flexibility index (Phi) is 12.1. The normalized spacial score (nSPS) is 11.4. The summed E-state index contributed by atoms with van der Waals surface area (Å²) in [6, 6.07) is 65.3. The van der Waals surface area contributed by atoms with Gasteiger partial charge < -0.3 is 14.0 Å². The molecular formula is C55H47IrN3OSi-2. The third-order valence-electron chi connectivity index (χ3n) is 11.0. The first-order chi connectivity index (χ1) is 29.2. The minimum absolute atomic E-state index is 0. The summed E-state index contributed by atoms with van der Waals surface area (Å²) >= 11 is 0. The van der Waals surface area contributed by atoms with Gasteiger partial charge in [0, 0.05) is 42.8 Å². The van der Waals surface area contributed by atoms with E-state index in [0.717, 1.165) is 90.0 Å². The SMILES string of the molecule is CC(C)Cc1cc(-c2[c-]cccc2)ncc1[Si](C)(C)C.[Ir].[c-]1ccc2c(oc3ccccc32)c1-c1nc2ccccc2n1-c1c(-c2ccccc2)cccc1-c1ccccc1. The maximum Gasteiger partial charge on any atom is 0.120 e. The number of fused-ring (bicyclic) bond motifs is 4. The Morgan fingerprint density at radius 1 is 0.656 bits per heavy atom. The molecule has 0 amide bonds. The number of imidazole rings is 1. The average Bonchev–Trinajstić information content (AvgIpc) is 3.86. The van der Waals surface area contributed by atoms with Gasteiger partial charge in [0.05, 0.1) is 36.2 Å². The Bertz CT molecular complexity index is 3020. The summed E-state index contributed by atoms with van der Waals surface area (Å²) in [6.07, 6.45) is 3.24. The van der Waals surface area contributed by atoms with Gasteiger partial charge in [-0.3, -0.25) is 4.98 Å². The van der Waals surface area contributed by atoms with E-state index in [2.05, 4.69) is 183 Å². The predicted molar refractivity (Wildman–Crippen MR) is 254 cm³/mol. The molecule has 0 atom stereocenters. The quantitative estimate of drug-likeness (QED) is 0.113. The molecule has 7 aromatic carbocycles. The van der Waals surface area contributed by atoms with Gasteiger partial charge in [-0.2, -0.15) is 0 Å². The van der Waals surface area contributed by atoms with Crippen LogP contribution in [0.1, 0.15) is 19.4 Å². The Balaban J connectivity index is 0.000000208. The molecule has 303 valence electrons. The number of aromatic nitrogens is 3. The van der Waals surface area contributed by atoms with Crippen LogP contribution in [0.3, 0.4) is 0 Å². The van der Waals surface area contributed by atoms with Crippen LogP contribution in [-0.4, -0.2) is 22.6 Å². The van der Waals surface area contributed by atoms with E-state index in [4.69, 9.17) is 9.40 Å². The van der Waals surface area contributed by atoms with E-state index in [1.165, 1.54) is 10.8 Å². The minimum atomic E-state index is -1.34. The van der Waals surface area contributed by atoms with E-state index in [1.54, 1.807) is 0 Å². The maximum atomic E-state index is 6.47. The molecule has 3 aromatic heterocycles. The van der Waals surface area contributed by atoms with Crippen LogP contribution >= 0.6 is 0 Å². The van der Waals surface area contributed by atoms with Crippen molar-refractivity contribution in [3.8, 4) is 50.6 Å². The second-order valence-corrected chi connectivity index (χ2v) is 21.8. The Labute approximate surface area is 373 Å². The van der Waals surface area contributed by atoms with Crippen molar-refractivity contribution in [1.29, 1.82) is 0 Å². The fourth-order valence-electron chi connectivity index (χ4n) is 8.24. The van der Waals surface area contributed by atoms with E-state index in [-0.39, 0.29) is 20.1 Å². The molecule has 1 radical (unpaired) electrons. The largest absolute Gasteiger partial charge is 0.501 e. The van der Waals surface area contributed by atoms with Crippen molar-refractivity contribution in [3.63, 3.8) is 0 Å². The standard InChI is InChI=1S/C37H23N2O.C18H24NSi.Ir/c1-3-13-25(14-4-1)27-18-11-19-28(26-15-5-2-6-16-26)35(27)39-33-23-9-8-22-32(33)38-37(39)31-21-12-20-30-29-17-7-10-24-34(29)40-36(30)31;1-14(2)11-16-12-17(15-9-7-6-8-10-15)19-13-18(16)20(3,4)5;/h1-20,22-24H;6-9,12-14H,11H2,1-5H3;/q2*-1;. The Morgan fingerprint density at radius 2 is 1.31 bits per heavy atom. The summed E-state index contributed by atoms with van der Waals surface area (Å²) < 4.78 is 8.76. The van der Waals surface area contributed by atoms with Crippen molar-refractivity contribution >= 4 is 46.2 Å². The van der Waals surface area contributed by atoms with Crippen molar-refractivity contribution < 1.29 is 24.5 Å². The fraction of sp³-hybridized carbons (Fsp3) is 0.127. The first-order valence-corrected chi connectivity index (χ1v) is 24.2. The molecule has 0 spiro atoms. The van der Waals surface area contributed by atoms with Crippen LogP contribution in [0.15, 0.2) is 180 Å². The van der Waals surface area contributed by atoms with Gasteiger partial charge in [0.15, 0.2) is 0 Å². The molecule has 0 aliphatic carbocycles. The van der Waals surface area contributed by atoms with Gasteiger partial charge in [0.1, 0.15) is 5.58 Å². The molecule has 4 nitrogen and oxygen atoms in total. The zero-order chi connectivity index (χ0) is 41.2. The molecule has 0 fully saturated rings. The van der Waals surface area contributed by atoms with Crippen molar-refractivity contribution in [3.05, 3.63) is 194 Å². The Hall–Kier alpha value is -6.17. The van der Waals surface area contributed by atoms with Gasteiger partial charge in [0.2, 0.25) is 0 Å². The molecule has 0 aliphatic heterocycles. The van der Waals surface area contributed by atoms with Crippen LogP contribution in [-0.2, 0) is 26.5 Å². The summed E-state index contributed by atoms with van der Waals surface area (Å²) in [5.74, 6) is 1.46. The summed E-state index contributed by atoms with van der Waals surface area (Å²) in [5, 5.41) is 3.64. The first kappa shape index (κ1) is 41.6. The van der Waals surface area contributed by atoms with E-state index in [0.29, 0.717) is 5.92 Å². The van der Waals surface area contributed by atoms with Crippen LogP contribution in [0.5, 0.6) is 0 Å². The molecule has 10 aromatic rings. The van der Waals surface area contributed by atoms with Crippen LogP contribution < -0.4 is 5.19 Å². The third kappa shape index (κ3) is 8.45. The third-order valence-corrected chi connectivity index (χ3v) is 13.0. The predicted octanol–water partition coefficient (Wildman–Crippen LogP) is 14.0. The second kappa shape index (κ2) is 17.8. The number of hydrogen-bond donors (Lipinski definition) is 0. The smallest absolute Gasteiger partial charge is 0.120 e. The Morgan fingerprint density at radius 3 is 1.98 bits per heavy atom. The van der Waals surface area contributed by atoms with Gasteiger partial charge in [0.25, 0.3) is 0 Å². The molecule has 3 heterocycles. The number of rotatable bonds is 8. The van der Waals surface area contributed by atoms with Crippen LogP contribution in [0, 0.1) is 18.1 Å². The molecule has 0 bridgehead atoms. The molecule has 61 heavy (non-hydrogen) atoms. The van der Waals surface area contributed by atoms with Gasteiger partial charge in [-0.25, -0.2) is 0 Å². The zero-order valence-corrected chi connectivity index (χ0v) is 38.5. The van der Waals surface area contributed by atoms with Crippen LogP contribution in [0.2, 0.25) is 19.6 Å². The number of para-hydroxylation sites is 4. The zero-order valence-electron chi connectivity index (χ0n) is 35.1. The molecule has 10 rings (SSSR count). The van der Waals surface area contributed by atoms with Crippen LogP contribution in [0.4, 0.5) is 0 Å². The molecular weight excluding hydrogens is 939 g/mol. The molecule has 0 unspecified atom stereocenters. The summed E-state index contributed by atoms with van der Waals surface area (Å²) in [4.78, 5) is 9.91.